The molecule has 9 atom stereocenters. The van der Waals surface area contributed by atoms with Crippen LogP contribution in [0.4, 0.5) is 0 Å². The molecule has 0 aliphatic rings. The van der Waals surface area contributed by atoms with Gasteiger partial charge in [0, 0.05) is 6.54 Å². The molecule has 0 spiro atoms. The molecular formula is C41H79N13O10. The first-order valence-corrected chi connectivity index (χ1v) is 22.1. The highest BCUT2D eigenvalue weighted by atomic mass is 16.4. The van der Waals surface area contributed by atoms with Crippen molar-refractivity contribution in [3.05, 3.63) is 0 Å². The summed E-state index contributed by atoms with van der Waals surface area (Å²) < 4.78 is 0. The minimum Gasteiger partial charge on any atom is -0.480 e. The Kier molecular flexibility index (Phi) is 28.4. The average Bonchev–Trinajstić information content (AvgIpc) is 3.19. The lowest BCUT2D eigenvalue weighted by atomic mass is 9.99. The van der Waals surface area contributed by atoms with Crippen LogP contribution in [0.15, 0.2) is 4.99 Å². The fourth-order valence-electron chi connectivity index (χ4n) is 6.33. The van der Waals surface area contributed by atoms with Crippen LogP contribution in [0.1, 0.15) is 113 Å². The molecule has 0 aliphatic carbocycles. The Hall–Kier alpha value is -5.13. The molecule has 0 heterocycles. The Morgan fingerprint density at radius 3 is 1.34 bits per heavy atom. The molecule has 0 unspecified atom stereocenters. The summed E-state index contributed by atoms with van der Waals surface area (Å²) in [5, 5.41) is 38.1. The molecule has 23 heteroatoms. The fraction of sp³-hybridized carbons (Fsp3) is 0.780. The maximum absolute atomic E-state index is 13.7. The van der Waals surface area contributed by atoms with Crippen LogP contribution in [-0.4, -0.2) is 138 Å². The Balaban J connectivity index is 6.26. The largest absolute Gasteiger partial charge is 0.480 e. The second kappa shape index (κ2) is 30.9. The predicted octanol–water partition coefficient (Wildman–Crippen LogP) is -3.14. The van der Waals surface area contributed by atoms with Gasteiger partial charge in [-0.2, -0.15) is 0 Å². The van der Waals surface area contributed by atoms with E-state index in [-0.39, 0.29) is 50.7 Å². The number of aliphatic hydroxyl groups excluding tert-OH is 1. The van der Waals surface area contributed by atoms with E-state index >= 15 is 0 Å². The van der Waals surface area contributed by atoms with Gasteiger partial charge in [0.05, 0.1) is 12.1 Å². The van der Waals surface area contributed by atoms with E-state index in [9.17, 15) is 48.6 Å². The molecule has 0 bridgehead atoms. The van der Waals surface area contributed by atoms with Crippen molar-refractivity contribution in [1.82, 2.24) is 37.2 Å². The van der Waals surface area contributed by atoms with Gasteiger partial charge in [0.15, 0.2) is 5.96 Å². The number of hydrogen-bond acceptors (Lipinski definition) is 13. The number of nitrogens with one attached hydrogen (secondary N) is 7. The van der Waals surface area contributed by atoms with E-state index in [1.807, 2.05) is 13.8 Å². The lowest BCUT2D eigenvalue weighted by molar-refractivity contribution is -0.143. The summed E-state index contributed by atoms with van der Waals surface area (Å²) >= 11 is 0. The zero-order valence-electron chi connectivity index (χ0n) is 38.9. The number of rotatable bonds is 32. The second-order valence-electron chi connectivity index (χ2n) is 17.2. The second-order valence-corrected chi connectivity index (χ2v) is 17.2. The molecule has 0 saturated carbocycles. The van der Waals surface area contributed by atoms with Crippen LogP contribution in [0.5, 0.6) is 0 Å². The van der Waals surface area contributed by atoms with Crippen molar-refractivity contribution in [2.24, 2.45) is 51.4 Å². The van der Waals surface area contributed by atoms with Crippen molar-refractivity contribution in [2.45, 2.75) is 168 Å². The number of carbonyl (C=O) groups excluding carboxylic acids is 7. The van der Waals surface area contributed by atoms with Gasteiger partial charge < -0.3 is 76.1 Å². The first-order valence-electron chi connectivity index (χ1n) is 22.1. The molecular weight excluding hydrogens is 835 g/mol. The molecule has 0 fully saturated rings. The molecule has 23 nitrogen and oxygen atoms in total. The normalized spacial score (nSPS) is 15.5. The van der Waals surface area contributed by atoms with Gasteiger partial charge in [0.1, 0.15) is 42.3 Å². The van der Waals surface area contributed by atoms with E-state index in [2.05, 4.69) is 42.2 Å². The number of guanidine groups is 1. The van der Waals surface area contributed by atoms with Crippen LogP contribution in [-0.2, 0) is 38.4 Å². The van der Waals surface area contributed by atoms with Crippen molar-refractivity contribution in [1.29, 1.82) is 0 Å². The minimum absolute atomic E-state index is 0.00797. The van der Waals surface area contributed by atoms with Crippen molar-refractivity contribution in [3.8, 4) is 0 Å². The number of aliphatic imine (C=N–C) groups is 1. The van der Waals surface area contributed by atoms with E-state index in [1.54, 1.807) is 27.7 Å². The third-order valence-corrected chi connectivity index (χ3v) is 10.1. The molecule has 0 aromatic heterocycles. The molecule has 0 aromatic rings. The topological polar surface area (TPSA) is 404 Å². The Morgan fingerprint density at radius 2 is 0.922 bits per heavy atom. The van der Waals surface area contributed by atoms with Crippen LogP contribution >= 0.6 is 0 Å². The average molecular weight is 914 g/mol. The molecule has 368 valence electrons. The maximum atomic E-state index is 13.7. The smallest absolute Gasteiger partial charge is 0.326 e. The predicted molar refractivity (Wildman–Crippen MR) is 241 cm³/mol. The van der Waals surface area contributed by atoms with Crippen molar-refractivity contribution in [3.63, 3.8) is 0 Å². The summed E-state index contributed by atoms with van der Waals surface area (Å²) in [6.45, 7) is 13.7. The highest BCUT2D eigenvalue weighted by molar-refractivity contribution is 5.97. The number of nitrogens with two attached hydrogens (primary N) is 5. The first kappa shape index (κ1) is 58.9. The number of carboxylic acids is 1. The van der Waals surface area contributed by atoms with Crippen molar-refractivity contribution < 1.29 is 48.6 Å². The lowest BCUT2D eigenvalue weighted by Gasteiger charge is -2.28. The van der Waals surface area contributed by atoms with Gasteiger partial charge in [0.2, 0.25) is 41.4 Å². The number of aliphatic hydroxyl groups is 1. The number of hydrogen-bond donors (Lipinski definition) is 14. The first-order chi connectivity index (χ1) is 29.9. The summed E-state index contributed by atoms with van der Waals surface area (Å²) in [5.41, 5.74) is 28.2. The maximum Gasteiger partial charge on any atom is 0.326 e. The third kappa shape index (κ3) is 23.0. The van der Waals surface area contributed by atoms with E-state index in [0.717, 1.165) is 0 Å². The van der Waals surface area contributed by atoms with Crippen molar-refractivity contribution in [2.75, 3.05) is 19.6 Å². The van der Waals surface area contributed by atoms with Gasteiger partial charge in [-0.25, -0.2) is 4.79 Å². The summed E-state index contributed by atoms with van der Waals surface area (Å²) in [4.78, 5) is 110. The monoisotopic (exact) mass is 914 g/mol. The molecule has 64 heavy (non-hydrogen) atoms. The van der Waals surface area contributed by atoms with Crippen LogP contribution in [0.25, 0.3) is 0 Å². The van der Waals surface area contributed by atoms with E-state index < -0.39 is 114 Å². The van der Waals surface area contributed by atoms with E-state index in [1.165, 1.54) is 13.8 Å². The molecule has 0 aliphatic heterocycles. The summed E-state index contributed by atoms with van der Waals surface area (Å²) in [5.74, 6) is -7.63. The highest BCUT2D eigenvalue weighted by Gasteiger charge is 2.35. The zero-order valence-corrected chi connectivity index (χ0v) is 38.9. The lowest BCUT2D eigenvalue weighted by Crippen LogP contribution is -2.61. The highest BCUT2D eigenvalue weighted by Crippen LogP contribution is 2.11. The molecule has 0 rings (SSSR count). The van der Waals surface area contributed by atoms with Gasteiger partial charge in [0.25, 0.3) is 0 Å². The third-order valence-electron chi connectivity index (χ3n) is 10.1. The Morgan fingerprint density at radius 1 is 0.516 bits per heavy atom. The Bertz CT molecular complexity index is 1540. The van der Waals surface area contributed by atoms with Gasteiger partial charge in [-0.15, -0.1) is 0 Å². The molecule has 7 amide bonds. The Labute approximate surface area is 377 Å². The van der Waals surface area contributed by atoms with Crippen LogP contribution in [0.2, 0.25) is 0 Å². The molecule has 0 saturated heterocycles. The number of amides is 7. The zero-order chi connectivity index (χ0) is 49.3. The van der Waals surface area contributed by atoms with Gasteiger partial charge in [-0.1, -0.05) is 41.5 Å². The number of carbonyl (C=O) groups is 8. The van der Waals surface area contributed by atoms with Crippen LogP contribution in [0, 0.1) is 17.8 Å². The summed E-state index contributed by atoms with van der Waals surface area (Å²) in [6, 6.07) is -9.88. The summed E-state index contributed by atoms with van der Waals surface area (Å²) in [7, 11) is 0. The number of nitrogens with zero attached hydrogens (tertiary/aromatic N) is 1. The van der Waals surface area contributed by atoms with Crippen molar-refractivity contribution >= 4 is 53.3 Å². The number of aliphatic carboxylic acids is 1. The minimum atomic E-state index is -1.64. The van der Waals surface area contributed by atoms with Gasteiger partial charge >= 0.3 is 5.97 Å². The summed E-state index contributed by atoms with van der Waals surface area (Å²) in [6.07, 6.45) is 1.01. The molecule has 19 N–H and O–H groups in total. The quantitative estimate of drug-likeness (QED) is 0.0180. The van der Waals surface area contributed by atoms with Gasteiger partial charge in [-0.05, 0) is 102 Å². The van der Waals surface area contributed by atoms with Gasteiger partial charge in [-0.3, -0.25) is 38.6 Å². The number of unbranched alkanes of at least 4 members (excludes halogenated alkanes) is 2. The van der Waals surface area contributed by atoms with Crippen LogP contribution in [0.3, 0.4) is 0 Å². The van der Waals surface area contributed by atoms with Crippen LogP contribution < -0.4 is 65.9 Å². The SMILES string of the molecule is CC(C)C[C@H](N)C(=O)N[C@H](C(=O)N[C@@H](CCCN=C(N)N)C(=O)N[C@@H](C)C(=O)N[C@H](C(=O)N[C@@H](CCCCN)C(=O)N[C@@H](CCCCN)C(=O)N[C@H](C(=O)O)C(C)C)[C@@H](C)O)C(C)C. The number of carboxylic acid groups (broad SMARTS) is 1. The van der Waals surface area contributed by atoms with E-state index in [0.29, 0.717) is 38.6 Å². The van der Waals surface area contributed by atoms with E-state index in [4.69, 9.17) is 28.7 Å². The fourth-order valence-corrected chi connectivity index (χ4v) is 6.33. The molecule has 0 aromatic carbocycles. The standard InChI is InChI=1S/C41H79N13O10/c1-21(2)20-26(44)34(57)52-30(22(3)4)38(61)50-29(16-13-19-47-41(45)46)35(58)48-24(7)33(56)54-32(25(8)55)39(62)51-27(14-9-11-17-42)36(59)49-28(15-10-12-18-43)37(60)53-31(23(5)6)40(63)64/h21-32,55H,9-20,42-44H2,1-8H3,(H,48,58)(H,49,59)(H,50,61)(H,51,62)(H,52,57)(H,53,60)(H,54,56)(H,63,64)(H4,45,46,47)/t24-,25+,26-,27-,28-,29-,30-,31-,32-/m0/s1. The molecule has 0 radical (unpaired) electrons.